The van der Waals surface area contributed by atoms with Crippen molar-refractivity contribution in [1.82, 2.24) is 14.5 Å². The van der Waals surface area contributed by atoms with Crippen LogP contribution in [0.25, 0.3) is 0 Å². The minimum Gasteiger partial charge on any atom is -0.508 e. The van der Waals surface area contributed by atoms with Crippen molar-refractivity contribution in [1.29, 1.82) is 0 Å². The normalized spacial score (nSPS) is 26.7. The number of aliphatic hydroxyl groups is 1. The molecule has 3 N–H and O–H groups in total. The van der Waals surface area contributed by atoms with Gasteiger partial charge in [0.2, 0.25) is 15.9 Å². The zero-order chi connectivity index (χ0) is 24.6. The lowest BCUT2D eigenvalue weighted by Crippen LogP contribution is -2.59. The molecule has 188 valence electrons. The zero-order valence-electron chi connectivity index (χ0n) is 19.5. The molecule has 2 saturated heterocycles. The number of carbonyl (C=O) groups is 1. The van der Waals surface area contributed by atoms with Crippen LogP contribution in [0.5, 0.6) is 11.5 Å². The van der Waals surface area contributed by atoms with E-state index in [2.05, 4.69) is 10.2 Å². The first-order chi connectivity index (χ1) is 16.8. The van der Waals surface area contributed by atoms with Gasteiger partial charge in [-0.25, -0.2) is 8.42 Å². The van der Waals surface area contributed by atoms with Crippen LogP contribution in [0.4, 0.5) is 0 Å². The molecule has 0 saturated carbocycles. The SMILES string of the molecule is O=C1NC2(CCOc3ccccc3S(=O)(=O)N3C[C@H](O)C[C@@H]13)CCN(Cc1ccccc1O)CC2. The van der Waals surface area contributed by atoms with Crippen LogP contribution in [0.3, 0.4) is 0 Å². The van der Waals surface area contributed by atoms with Crippen LogP contribution in [0.15, 0.2) is 53.4 Å². The summed E-state index contributed by atoms with van der Waals surface area (Å²) in [7, 11) is -4.04. The van der Waals surface area contributed by atoms with Gasteiger partial charge in [-0.2, -0.15) is 4.31 Å². The predicted molar refractivity (Wildman–Crippen MR) is 128 cm³/mol. The molecule has 1 spiro atoms. The fraction of sp³-hybridized carbons (Fsp3) is 0.480. The Morgan fingerprint density at radius 2 is 1.77 bits per heavy atom. The van der Waals surface area contributed by atoms with Gasteiger partial charge in [-0.15, -0.1) is 0 Å². The maximum absolute atomic E-state index is 13.5. The zero-order valence-corrected chi connectivity index (χ0v) is 20.3. The average Bonchev–Trinajstić information content (AvgIpc) is 3.24. The number of rotatable bonds is 2. The molecule has 35 heavy (non-hydrogen) atoms. The number of aliphatic hydroxyl groups excluding tert-OH is 1. The molecule has 0 bridgehead atoms. The van der Waals surface area contributed by atoms with Gasteiger partial charge < -0.3 is 20.3 Å². The summed E-state index contributed by atoms with van der Waals surface area (Å²) in [5.41, 5.74) is 0.310. The largest absolute Gasteiger partial charge is 0.508 e. The molecular weight excluding hydrogens is 470 g/mol. The molecular formula is C25H31N3O6S. The summed E-state index contributed by atoms with van der Waals surface area (Å²) < 4.78 is 34.0. The van der Waals surface area contributed by atoms with E-state index in [1.165, 1.54) is 6.07 Å². The summed E-state index contributed by atoms with van der Waals surface area (Å²) in [6.07, 6.45) is 1.02. The van der Waals surface area contributed by atoms with Gasteiger partial charge in [0.25, 0.3) is 0 Å². The van der Waals surface area contributed by atoms with E-state index in [4.69, 9.17) is 4.74 Å². The van der Waals surface area contributed by atoms with Crippen LogP contribution in [0.1, 0.15) is 31.2 Å². The number of phenols is 1. The van der Waals surface area contributed by atoms with E-state index in [9.17, 15) is 23.4 Å². The van der Waals surface area contributed by atoms with Gasteiger partial charge in [-0.05, 0) is 31.0 Å². The molecule has 2 aromatic carbocycles. The second kappa shape index (κ2) is 9.42. The van der Waals surface area contributed by atoms with Crippen molar-refractivity contribution in [2.75, 3.05) is 26.2 Å². The smallest absolute Gasteiger partial charge is 0.247 e. The van der Waals surface area contributed by atoms with E-state index in [1.807, 2.05) is 12.1 Å². The van der Waals surface area contributed by atoms with Crippen LogP contribution >= 0.6 is 0 Å². The lowest BCUT2D eigenvalue weighted by molar-refractivity contribution is -0.127. The van der Waals surface area contributed by atoms with Gasteiger partial charge in [0.1, 0.15) is 22.4 Å². The number of hydrogen-bond acceptors (Lipinski definition) is 7. The summed E-state index contributed by atoms with van der Waals surface area (Å²) in [5.74, 6) is 0.150. The third-order valence-electron chi connectivity index (χ3n) is 7.40. The monoisotopic (exact) mass is 501 g/mol. The Morgan fingerprint density at radius 3 is 2.54 bits per heavy atom. The molecule has 10 heteroatoms. The fourth-order valence-electron chi connectivity index (χ4n) is 5.36. The van der Waals surface area contributed by atoms with Crippen molar-refractivity contribution in [2.45, 2.75) is 54.8 Å². The Hall–Kier alpha value is -2.66. The molecule has 2 atom stereocenters. The van der Waals surface area contributed by atoms with E-state index in [0.29, 0.717) is 38.9 Å². The molecule has 0 radical (unpaired) electrons. The average molecular weight is 502 g/mol. The number of piperidine rings is 1. The highest BCUT2D eigenvalue weighted by atomic mass is 32.2. The number of aromatic hydroxyl groups is 1. The second-order valence-electron chi connectivity index (χ2n) is 9.70. The highest BCUT2D eigenvalue weighted by Gasteiger charge is 2.47. The molecule has 5 rings (SSSR count). The molecule has 9 nitrogen and oxygen atoms in total. The number of nitrogens with zero attached hydrogens (tertiary/aromatic N) is 2. The van der Waals surface area contributed by atoms with Crippen LogP contribution in [-0.2, 0) is 21.4 Å². The number of likely N-dealkylation sites (tertiary alicyclic amines) is 1. The Kier molecular flexibility index (Phi) is 6.47. The number of hydrogen-bond donors (Lipinski definition) is 3. The molecule has 2 fully saturated rings. The van der Waals surface area contributed by atoms with Gasteiger partial charge in [0.15, 0.2) is 0 Å². The number of amides is 1. The van der Waals surface area contributed by atoms with E-state index in [-0.39, 0.29) is 41.9 Å². The lowest BCUT2D eigenvalue weighted by Gasteiger charge is -2.43. The van der Waals surface area contributed by atoms with Crippen molar-refractivity contribution in [2.24, 2.45) is 0 Å². The van der Waals surface area contributed by atoms with Gasteiger partial charge in [0, 0.05) is 50.1 Å². The predicted octanol–water partition coefficient (Wildman–Crippen LogP) is 1.45. The standard InChI is InChI=1S/C25H31N3O6S/c29-19-15-20-24(31)26-25(9-12-27(13-10-25)16-18-5-1-2-6-21(18)30)11-14-34-22-7-3-4-8-23(22)35(32,33)28(20)17-19/h1-8,19-20,29-30H,9-17H2,(H,26,31)/t19-,20+/m1/s1. The number of sulfonamides is 1. The highest BCUT2D eigenvalue weighted by molar-refractivity contribution is 7.89. The number of nitrogens with one attached hydrogen (secondary N) is 1. The molecule has 3 heterocycles. The van der Waals surface area contributed by atoms with Crippen molar-refractivity contribution in [3.63, 3.8) is 0 Å². The first-order valence-corrected chi connectivity index (χ1v) is 13.4. The number of phenolic OH excluding ortho intramolecular Hbond substituents is 1. The lowest BCUT2D eigenvalue weighted by atomic mass is 9.84. The van der Waals surface area contributed by atoms with E-state index >= 15 is 0 Å². The Morgan fingerprint density at radius 1 is 1.06 bits per heavy atom. The maximum atomic E-state index is 13.5. The van der Waals surface area contributed by atoms with Crippen LogP contribution in [-0.4, -0.2) is 77.7 Å². The van der Waals surface area contributed by atoms with Gasteiger partial charge in [-0.3, -0.25) is 9.69 Å². The van der Waals surface area contributed by atoms with Gasteiger partial charge in [0.05, 0.1) is 12.7 Å². The molecule has 0 unspecified atom stereocenters. The summed E-state index contributed by atoms with van der Waals surface area (Å²) >= 11 is 0. The van der Waals surface area contributed by atoms with Crippen LogP contribution in [0.2, 0.25) is 0 Å². The number of benzene rings is 2. The number of ether oxygens (including phenoxy) is 1. The second-order valence-corrected chi connectivity index (χ2v) is 11.6. The Bertz CT molecular complexity index is 1200. The minimum atomic E-state index is -4.04. The van der Waals surface area contributed by atoms with Crippen LogP contribution < -0.4 is 10.1 Å². The minimum absolute atomic E-state index is 0.0142. The van der Waals surface area contributed by atoms with Crippen molar-refractivity contribution >= 4 is 15.9 Å². The van der Waals surface area contributed by atoms with Crippen molar-refractivity contribution < 1.29 is 28.2 Å². The van der Waals surface area contributed by atoms with Crippen molar-refractivity contribution in [3.8, 4) is 11.5 Å². The van der Waals surface area contributed by atoms with E-state index < -0.39 is 27.7 Å². The molecule has 0 aromatic heterocycles. The molecule has 3 aliphatic rings. The molecule has 2 aromatic rings. The molecule has 1 amide bonds. The summed E-state index contributed by atoms with van der Waals surface area (Å²) in [6.45, 7) is 2.16. The third kappa shape index (κ3) is 4.75. The fourth-order valence-corrected chi connectivity index (χ4v) is 7.13. The maximum Gasteiger partial charge on any atom is 0.247 e. The van der Waals surface area contributed by atoms with Gasteiger partial charge in [-0.1, -0.05) is 30.3 Å². The highest BCUT2D eigenvalue weighted by Crippen LogP contribution is 2.35. The molecule has 3 aliphatic heterocycles. The number of para-hydroxylation sites is 2. The topological polar surface area (TPSA) is 119 Å². The first kappa shape index (κ1) is 24.1. The van der Waals surface area contributed by atoms with E-state index in [0.717, 1.165) is 9.87 Å². The Balaban J connectivity index is 1.39. The Labute approximate surface area is 205 Å². The summed E-state index contributed by atoms with van der Waals surface area (Å²) in [6, 6.07) is 12.8. The van der Waals surface area contributed by atoms with Gasteiger partial charge >= 0.3 is 0 Å². The van der Waals surface area contributed by atoms with Crippen LogP contribution in [0, 0.1) is 0 Å². The summed E-state index contributed by atoms with van der Waals surface area (Å²) in [4.78, 5) is 15.7. The third-order valence-corrected chi connectivity index (χ3v) is 9.31. The van der Waals surface area contributed by atoms with E-state index in [1.54, 1.807) is 30.3 Å². The number of carbonyl (C=O) groups excluding carboxylic acids is 1. The quantitative estimate of drug-likeness (QED) is 0.570. The summed E-state index contributed by atoms with van der Waals surface area (Å²) in [5, 5.41) is 23.6. The number of fused-ring (bicyclic) bond motifs is 2. The van der Waals surface area contributed by atoms with Crippen molar-refractivity contribution in [3.05, 3.63) is 54.1 Å². The molecule has 0 aliphatic carbocycles. The first-order valence-electron chi connectivity index (χ1n) is 12.0.